The van der Waals surface area contributed by atoms with Gasteiger partial charge in [0, 0.05) is 50.1 Å². The van der Waals surface area contributed by atoms with Crippen molar-refractivity contribution in [3.05, 3.63) is 71.2 Å². The maximum atomic E-state index is 13.2. The van der Waals surface area contributed by atoms with Crippen LogP contribution in [0.2, 0.25) is 0 Å². The number of sulfonamides is 1. The van der Waals surface area contributed by atoms with Crippen LogP contribution in [-0.2, 0) is 36.6 Å². The van der Waals surface area contributed by atoms with Gasteiger partial charge in [-0.25, -0.2) is 13.4 Å². The van der Waals surface area contributed by atoms with Crippen LogP contribution in [0.3, 0.4) is 0 Å². The third-order valence-electron chi connectivity index (χ3n) is 5.47. The molecule has 0 radical (unpaired) electrons. The number of hydrogen-bond donors (Lipinski definition) is 0. The Morgan fingerprint density at radius 2 is 1.90 bits per heavy atom. The van der Waals surface area contributed by atoms with Crippen molar-refractivity contribution < 1.29 is 13.2 Å². The maximum Gasteiger partial charge on any atom is 0.243 e. The first-order valence-corrected chi connectivity index (χ1v) is 11.5. The van der Waals surface area contributed by atoms with Gasteiger partial charge in [0.1, 0.15) is 12.3 Å². The van der Waals surface area contributed by atoms with E-state index < -0.39 is 10.0 Å². The summed E-state index contributed by atoms with van der Waals surface area (Å²) in [5.74, 6) is 0.874. The monoisotopic (exact) mass is 426 g/mol. The quantitative estimate of drug-likeness (QED) is 0.605. The number of nitrogens with zero attached hydrogens (tertiary/aromatic N) is 4. The first kappa shape index (κ1) is 20.6. The molecule has 0 spiro atoms. The third kappa shape index (κ3) is 3.97. The van der Waals surface area contributed by atoms with Crippen molar-refractivity contribution in [1.29, 1.82) is 0 Å². The van der Waals surface area contributed by atoms with Gasteiger partial charge in [-0.15, -0.1) is 0 Å². The molecule has 8 heteroatoms. The molecular formula is C22H26N4O3S. The number of benzene rings is 1. The predicted octanol–water partition coefficient (Wildman–Crippen LogP) is 3.26. The topological polar surface area (TPSA) is 77.3 Å². The minimum absolute atomic E-state index is 0.247. The number of pyridine rings is 1. The van der Waals surface area contributed by atoms with Crippen LogP contribution in [0.15, 0.2) is 53.6 Å². The van der Waals surface area contributed by atoms with E-state index in [0.29, 0.717) is 36.2 Å². The van der Waals surface area contributed by atoms with Gasteiger partial charge in [0.05, 0.1) is 4.90 Å². The second-order valence-electron chi connectivity index (χ2n) is 7.76. The van der Waals surface area contributed by atoms with Crippen molar-refractivity contribution in [3.8, 4) is 5.88 Å². The van der Waals surface area contributed by atoms with E-state index in [-0.39, 0.29) is 6.61 Å². The molecule has 1 aromatic carbocycles. The molecule has 3 heterocycles. The SMILES string of the molecule is CC(C)c1ccc(S(=O)(=O)N2CCc3c(c(COc4ccccn4)nn3C)C2)cc1. The van der Waals surface area contributed by atoms with Crippen molar-refractivity contribution >= 4 is 10.0 Å². The van der Waals surface area contributed by atoms with E-state index in [4.69, 9.17) is 4.74 Å². The molecule has 0 unspecified atom stereocenters. The predicted molar refractivity (Wildman–Crippen MR) is 114 cm³/mol. The Labute approximate surface area is 177 Å². The van der Waals surface area contributed by atoms with Gasteiger partial charge < -0.3 is 4.74 Å². The van der Waals surface area contributed by atoms with Crippen LogP contribution < -0.4 is 4.74 Å². The Balaban J connectivity index is 1.56. The molecule has 0 aliphatic carbocycles. The third-order valence-corrected chi connectivity index (χ3v) is 7.33. The highest BCUT2D eigenvalue weighted by molar-refractivity contribution is 7.89. The average molecular weight is 427 g/mol. The Morgan fingerprint density at radius 3 is 2.57 bits per heavy atom. The van der Waals surface area contributed by atoms with E-state index in [2.05, 4.69) is 23.9 Å². The highest BCUT2D eigenvalue weighted by Gasteiger charge is 2.32. The van der Waals surface area contributed by atoms with Gasteiger partial charge in [0.25, 0.3) is 0 Å². The van der Waals surface area contributed by atoms with E-state index in [1.807, 2.05) is 36.0 Å². The molecule has 4 rings (SSSR count). The van der Waals surface area contributed by atoms with Crippen LogP contribution in [0, 0.1) is 0 Å². The molecule has 0 bridgehead atoms. The number of aromatic nitrogens is 3. The van der Waals surface area contributed by atoms with E-state index in [0.717, 1.165) is 22.5 Å². The normalized spacial score (nSPS) is 14.7. The number of ether oxygens (including phenoxy) is 1. The highest BCUT2D eigenvalue weighted by Crippen LogP contribution is 2.28. The van der Waals surface area contributed by atoms with Crippen molar-refractivity contribution in [3.63, 3.8) is 0 Å². The molecule has 0 saturated carbocycles. The molecule has 7 nitrogen and oxygen atoms in total. The fraction of sp³-hybridized carbons (Fsp3) is 0.364. The maximum absolute atomic E-state index is 13.2. The fourth-order valence-electron chi connectivity index (χ4n) is 3.71. The second kappa shape index (κ2) is 8.20. The fourth-order valence-corrected chi connectivity index (χ4v) is 5.12. The molecule has 1 aliphatic heterocycles. The minimum atomic E-state index is -3.58. The van der Waals surface area contributed by atoms with Crippen molar-refractivity contribution in [2.24, 2.45) is 7.05 Å². The lowest BCUT2D eigenvalue weighted by atomic mass is 10.0. The molecule has 158 valence electrons. The number of rotatable bonds is 6. The van der Waals surface area contributed by atoms with Gasteiger partial charge >= 0.3 is 0 Å². The van der Waals surface area contributed by atoms with Gasteiger partial charge in [-0.3, -0.25) is 4.68 Å². The standard InChI is InChI=1S/C22H26N4O3S/c1-16(2)17-7-9-18(10-8-17)30(27,28)26-13-11-21-19(14-26)20(24-25(21)3)15-29-22-6-4-5-12-23-22/h4-10,12,16H,11,13-15H2,1-3H3. The summed E-state index contributed by atoms with van der Waals surface area (Å²) in [6.45, 7) is 5.15. The summed E-state index contributed by atoms with van der Waals surface area (Å²) in [5.41, 5.74) is 3.84. The summed E-state index contributed by atoms with van der Waals surface area (Å²) in [5, 5.41) is 4.57. The summed E-state index contributed by atoms with van der Waals surface area (Å²) < 4.78 is 35.6. The van der Waals surface area contributed by atoms with Gasteiger partial charge in [0.2, 0.25) is 15.9 Å². The zero-order valence-corrected chi connectivity index (χ0v) is 18.3. The molecule has 0 amide bonds. The summed E-state index contributed by atoms with van der Waals surface area (Å²) in [4.78, 5) is 4.49. The molecule has 30 heavy (non-hydrogen) atoms. The van der Waals surface area contributed by atoms with E-state index in [9.17, 15) is 8.42 Å². The first-order chi connectivity index (χ1) is 14.4. The van der Waals surface area contributed by atoms with Crippen LogP contribution in [0.5, 0.6) is 5.88 Å². The van der Waals surface area contributed by atoms with Crippen molar-refractivity contribution in [1.82, 2.24) is 19.1 Å². The van der Waals surface area contributed by atoms with Gasteiger partial charge in [-0.2, -0.15) is 9.40 Å². The zero-order chi connectivity index (χ0) is 21.3. The lowest BCUT2D eigenvalue weighted by Crippen LogP contribution is -2.36. The van der Waals surface area contributed by atoms with Crippen LogP contribution >= 0.6 is 0 Å². The summed E-state index contributed by atoms with van der Waals surface area (Å²) in [6, 6.07) is 12.7. The Hall–Kier alpha value is -2.71. The molecule has 1 aliphatic rings. The number of aryl methyl sites for hydroxylation is 1. The number of fused-ring (bicyclic) bond motifs is 1. The van der Waals surface area contributed by atoms with E-state index in [1.165, 1.54) is 4.31 Å². The zero-order valence-electron chi connectivity index (χ0n) is 17.4. The average Bonchev–Trinajstić information content (AvgIpc) is 3.08. The smallest absolute Gasteiger partial charge is 0.243 e. The lowest BCUT2D eigenvalue weighted by molar-refractivity contribution is 0.285. The van der Waals surface area contributed by atoms with Crippen LogP contribution in [0.4, 0.5) is 0 Å². The summed E-state index contributed by atoms with van der Waals surface area (Å²) in [6.07, 6.45) is 2.29. The van der Waals surface area contributed by atoms with Crippen molar-refractivity contribution in [2.75, 3.05) is 6.54 Å². The first-order valence-electron chi connectivity index (χ1n) is 10.0. The van der Waals surface area contributed by atoms with Crippen LogP contribution in [0.25, 0.3) is 0 Å². The van der Waals surface area contributed by atoms with E-state index in [1.54, 1.807) is 24.4 Å². The Kier molecular flexibility index (Phi) is 5.62. The molecule has 0 saturated heterocycles. The van der Waals surface area contributed by atoms with Gasteiger partial charge in [-0.05, 0) is 29.7 Å². The molecule has 2 aromatic heterocycles. The molecule has 0 atom stereocenters. The molecule has 0 N–H and O–H groups in total. The van der Waals surface area contributed by atoms with E-state index >= 15 is 0 Å². The van der Waals surface area contributed by atoms with Gasteiger partial charge in [-0.1, -0.05) is 32.0 Å². The van der Waals surface area contributed by atoms with Crippen LogP contribution in [0.1, 0.15) is 42.3 Å². The summed E-state index contributed by atoms with van der Waals surface area (Å²) in [7, 11) is -1.69. The molecular weight excluding hydrogens is 400 g/mol. The minimum Gasteiger partial charge on any atom is -0.471 e. The van der Waals surface area contributed by atoms with Crippen LogP contribution in [-0.4, -0.2) is 34.0 Å². The highest BCUT2D eigenvalue weighted by atomic mass is 32.2. The number of hydrogen-bond acceptors (Lipinski definition) is 5. The van der Waals surface area contributed by atoms with Gasteiger partial charge in [0.15, 0.2) is 0 Å². The lowest BCUT2D eigenvalue weighted by Gasteiger charge is -2.27. The molecule has 3 aromatic rings. The Morgan fingerprint density at radius 1 is 1.13 bits per heavy atom. The molecule has 0 fully saturated rings. The second-order valence-corrected chi connectivity index (χ2v) is 9.70. The Bertz CT molecular complexity index is 1120. The largest absolute Gasteiger partial charge is 0.471 e. The van der Waals surface area contributed by atoms with Crippen molar-refractivity contribution in [2.45, 2.75) is 44.2 Å². The summed E-state index contributed by atoms with van der Waals surface area (Å²) >= 11 is 0.